The zero-order chi connectivity index (χ0) is 14.9. The number of carboxylic acid groups (broad SMARTS) is 1. The van der Waals surface area contributed by atoms with E-state index < -0.39 is 23.2 Å². The van der Waals surface area contributed by atoms with E-state index in [0.717, 1.165) is 17.7 Å². The highest BCUT2D eigenvalue weighted by Gasteiger charge is 2.15. The van der Waals surface area contributed by atoms with E-state index in [1.54, 1.807) is 12.1 Å². The van der Waals surface area contributed by atoms with E-state index in [0.29, 0.717) is 10.2 Å². The largest absolute Gasteiger partial charge is 0.478 e. The molecule has 0 unspecified atom stereocenters. The van der Waals surface area contributed by atoms with Gasteiger partial charge in [-0.25, -0.2) is 13.6 Å². The molecule has 2 rings (SSSR count). The van der Waals surface area contributed by atoms with Gasteiger partial charge in [0.2, 0.25) is 0 Å². The van der Waals surface area contributed by atoms with Gasteiger partial charge in [0, 0.05) is 4.47 Å². The Morgan fingerprint density at radius 1 is 1.25 bits per heavy atom. The molecule has 0 aliphatic heterocycles. The minimum absolute atomic E-state index is 0.388. The van der Waals surface area contributed by atoms with Crippen LogP contribution < -0.4 is 5.32 Å². The Hall–Kier alpha value is -1.95. The summed E-state index contributed by atoms with van der Waals surface area (Å²) >= 11 is 3.32. The standard InChI is InChI=1S/C14H10BrF2NO2/c1-7-3-2-4-11(12(7)15)18-13-9(16)5-8(14(19)20)6-10(13)17/h2-6,18H,1H3,(H,19,20). The Bertz CT molecular complexity index is 666. The number of aromatic carboxylic acids is 1. The normalized spacial score (nSPS) is 10.4. The van der Waals surface area contributed by atoms with Crippen molar-refractivity contribution in [3.63, 3.8) is 0 Å². The number of carbonyl (C=O) groups is 1. The monoisotopic (exact) mass is 341 g/mol. The van der Waals surface area contributed by atoms with Crippen LogP contribution in [0.3, 0.4) is 0 Å². The van der Waals surface area contributed by atoms with Gasteiger partial charge in [0.1, 0.15) is 5.69 Å². The number of benzene rings is 2. The second-order valence-electron chi connectivity index (χ2n) is 4.18. The number of aryl methyl sites for hydroxylation is 1. The van der Waals surface area contributed by atoms with Gasteiger partial charge in [0.15, 0.2) is 11.6 Å². The Labute approximate surface area is 122 Å². The molecule has 0 aromatic heterocycles. The summed E-state index contributed by atoms with van der Waals surface area (Å²) in [4.78, 5) is 10.7. The lowest BCUT2D eigenvalue weighted by Crippen LogP contribution is -2.03. The number of hydrogen-bond donors (Lipinski definition) is 2. The molecular formula is C14H10BrF2NO2. The fraction of sp³-hybridized carbons (Fsp3) is 0.0714. The van der Waals surface area contributed by atoms with E-state index >= 15 is 0 Å². The molecule has 2 N–H and O–H groups in total. The van der Waals surface area contributed by atoms with Crippen molar-refractivity contribution >= 4 is 33.3 Å². The minimum atomic E-state index is -1.38. The summed E-state index contributed by atoms with van der Waals surface area (Å²) in [7, 11) is 0. The first-order valence-corrected chi connectivity index (χ1v) is 6.44. The number of carboxylic acids is 1. The zero-order valence-corrected chi connectivity index (χ0v) is 12.0. The molecule has 6 heteroatoms. The second-order valence-corrected chi connectivity index (χ2v) is 4.97. The molecule has 0 amide bonds. The molecule has 0 atom stereocenters. The van der Waals surface area contributed by atoms with Crippen LogP contribution in [0.5, 0.6) is 0 Å². The maximum Gasteiger partial charge on any atom is 0.335 e. The Kier molecular flexibility index (Phi) is 4.04. The summed E-state index contributed by atoms with van der Waals surface area (Å²) in [6, 6.07) is 6.79. The third-order valence-electron chi connectivity index (χ3n) is 2.74. The first-order valence-electron chi connectivity index (χ1n) is 5.64. The lowest BCUT2D eigenvalue weighted by atomic mass is 10.1. The molecule has 2 aromatic rings. The highest BCUT2D eigenvalue weighted by atomic mass is 79.9. The molecule has 0 aliphatic carbocycles. The molecule has 0 aliphatic rings. The predicted molar refractivity (Wildman–Crippen MR) is 75.5 cm³/mol. The number of anilines is 2. The summed E-state index contributed by atoms with van der Waals surface area (Å²) < 4.78 is 28.3. The average Bonchev–Trinajstić information content (AvgIpc) is 2.38. The molecule has 104 valence electrons. The van der Waals surface area contributed by atoms with Crippen molar-refractivity contribution in [1.82, 2.24) is 0 Å². The molecule has 0 saturated heterocycles. The van der Waals surface area contributed by atoms with Gasteiger partial charge in [0.05, 0.1) is 11.3 Å². The summed E-state index contributed by atoms with van der Waals surface area (Å²) in [5.74, 6) is -3.31. The summed E-state index contributed by atoms with van der Waals surface area (Å²) in [5.41, 5.74) is 0.569. The van der Waals surface area contributed by atoms with Crippen LogP contribution in [0.1, 0.15) is 15.9 Å². The molecule has 0 saturated carbocycles. The predicted octanol–water partition coefficient (Wildman–Crippen LogP) is 4.48. The molecule has 20 heavy (non-hydrogen) atoms. The van der Waals surface area contributed by atoms with E-state index in [1.807, 2.05) is 13.0 Å². The first kappa shape index (κ1) is 14.5. The van der Waals surface area contributed by atoms with Gasteiger partial charge < -0.3 is 10.4 Å². The van der Waals surface area contributed by atoms with Crippen LogP contribution in [0.2, 0.25) is 0 Å². The lowest BCUT2D eigenvalue weighted by molar-refractivity contribution is 0.0696. The quantitative estimate of drug-likeness (QED) is 0.865. The van der Waals surface area contributed by atoms with Crippen molar-refractivity contribution in [2.24, 2.45) is 0 Å². The van der Waals surface area contributed by atoms with Gasteiger partial charge >= 0.3 is 5.97 Å². The fourth-order valence-corrected chi connectivity index (χ4v) is 2.06. The molecule has 2 aromatic carbocycles. The van der Waals surface area contributed by atoms with Crippen molar-refractivity contribution in [3.8, 4) is 0 Å². The van der Waals surface area contributed by atoms with Crippen molar-refractivity contribution in [3.05, 3.63) is 57.6 Å². The van der Waals surface area contributed by atoms with E-state index in [-0.39, 0.29) is 5.69 Å². The minimum Gasteiger partial charge on any atom is -0.478 e. The zero-order valence-electron chi connectivity index (χ0n) is 10.4. The molecule has 3 nitrogen and oxygen atoms in total. The number of nitrogens with one attached hydrogen (secondary N) is 1. The van der Waals surface area contributed by atoms with Gasteiger partial charge in [-0.3, -0.25) is 0 Å². The van der Waals surface area contributed by atoms with Crippen LogP contribution in [-0.4, -0.2) is 11.1 Å². The van der Waals surface area contributed by atoms with E-state index in [4.69, 9.17) is 5.11 Å². The maximum atomic E-state index is 13.8. The molecule has 0 bridgehead atoms. The highest BCUT2D eigenvalue weighted by molar-refractivity contribution is 9.10. The van der Waals surface area contributed by atoms with Crippen LogP contribution in [0.4, 0.5) is 20.2 Å². The topological polar surface area (TPSA) is 49.3 Å². The third-order valence-corrected chi connectivity index (χ3v) is 3.79. The van der Waals surface area contributed by atoms with E-state index in [1.165, 1.54) is 0 Å². The van der Waals surface area contributed by atoms with Crippen molar-refractivity contribution in [1.29, 1.82) is 0 Å². The summed E-state index contributed by atoms with van der Waals surface area (Å²) in [5, 5.41) is 11.4. The molecule has 0 fully saturated rings. The Morgan fingerprint density at radius 3 is 2.40 bits per heavy atom. The second kappa shape index (κ2) is 5.58. The smallest absolute Gasteiger partial charge is 0.335 e. The van der Waals surface area contributed by atoms with Gasteiger partial charge in [0.25, 0.3) is 0 Å². The highest BCUT2D eigenvalue weighted by Crippen LogP contribution is 2.31. The number of rotatable bonds is 3. The van der Waals surface area contributed by atoms with Gasteiger partial charge in [-0.1, -0.05) is 12.1 Å². The average molecular weight is 342 g/mol. The summed E-state index contributed by atoms with van der Waals surface area (Å²) in [6.45, 7) is 1.84. The van der Waals surface area contributed by atoms with Crippen LogP contribution in [0, 0.1) is 18.6 Å². The molecule has 0 spiro atoms. The van der Waals surface area contributed by atoms with Crippen molar-refractivity contribution in [2.75, 3.05) is 5.32 Å². The van der Waals surface area contributed by atoms with Crippen LogP contribution in [0.15, 0.2) is 34.8 Å². The number of hydrogen-bond acceptors (Lipinski definition) is 2. The van der Waals surface area contributed by atoms with Crippen molar-refractivity contribution in [2.45, 2.75) is 6.92 Å². The van der Waals surface area contributed by atoms with Crippen LogP contribution >= 0.6 is 15.9 Å². The van der Waals surface area contributed by atoms with Crippen LogP contribution in [-0.2, 0) is 0 Å². The van der Waals surface area contributed by atoms with Crippen molar-refractivity contribution < 1.29 is 18.7 Å². The van der Waals surface area contributed by atoms with E-state index in [9.17, 15) is 13.6 Å². The van der Waals surface area contributed by atoms with Gasteiger partial charge in [-0.2, -0.15) is 0 Å². The molecule has 0 radical (unpaired) electrons. The first-order chi connectivity index (χ1) is 9.40. The maximum absolute atomic E-state index is 13.8. The fourth-order valence-electron chi connectivity index (χ4n) is 1.69. The SMILES string of the molecule is Cc1cccc(Nc2c(F)cc(C(=O)O)cc2F)c1Br. The van der Waals surface area contributed by atoms with Gasteiger partial charge in [-0.05, 0) is 46.6 Å². The summed E-state index contributed by atoms with van der Waals surface area (Å²) in [6.07, 6.45) is 0. The van der Waals surface area contributed by atoms with Gasteiger partial charge in [-0.15, -0.1) is 0 Å². The number of halogens is 3. The Balaban J connectivity index is 2.44. The third kappa shape index (κ3) is 2.80. The lowest BCUT2D eigenvalue weighted by Gasteiger charge is -2.12. The molecular weight excluding hydrogens is 332 g/mol. The Morgan fingerprint density at radius 2 is 1.85 bits per heavy atom. The van der Waals surface area contributed by atoms with Crippen LogP contribution in [0.25, 0.3) is 0 Å². The van der Waals surface area contributed by atoms with E-state index in [2.05, 4.69) is 21.2 Å². The molecule has 0 heterocycles.